The molecular weight excluding hydrogens is 709 g/mol. The third kappa shape index (κ3) is 5.47. The smallest absolute Gasteiger partial charge is 0.0702 e. The summed E-state index contributed by atoms with van der Waals surface area (Å²) in [6.45, 7) is 0. The molecule has 2 heterocycles. The van der Waals surface area contributed by atoms with Gasteiger partial charge in [0.25, 0.3) is 0 Å². The van der Waals surface area contributed by atoms with E-state index in [1.807, 2.05) is 11.3 Å². The van der Waals surface area contributed by atoms with Gasteiger partial charge in [-0.05, 0) is 76.3 Å². The van der Waals surface area contributed by atoms with Gasteiger partial charge in [-0.25, -0.2) is 0 Å². The van der Waals surface area contributed by atoms with Gasteiger partial charge in [0, 0.05) is 36.5 Å². The largest absolute Gasteiger partial charge is 0.307 e. The fourth-order valence-electron chi connectivity index (χ4n) is 8.79. The first-order valence-electron chi connectivity index (χ1n) is 19.4. The van der Waals surface area contributed by atoms with Gasteiger partial charge in [0.2, 0.25) is 0 Å². The lowest BCUT2D eigenvalue weighted by atomic mass is 9.88. The van der Waals surface area contributed by atoms with Gasteiger partial charge in [0.15, 0.2) is 0 Å². The van der Waals surface area contributed by atoms with Gasteiger partial charge in [-0.15, -0.1) is 11.3 Å². The first-order chi connectivity index (χ1) is 28.3. The molecule has 0 unspecified atom stereocenters. The molecule has 0 aliphatic carbocycles. The van der Waals surface area contributed by atoms with E-state index in [0.717, 1.165) is 28.3 Å². The van der Waals surface area contributed by atoms with E-state index >= 15 is 0 Å². The summed E-state index contributed by atoms with van der Waals surface area (Å²) in [4.78, 5) is 2.52. The normalized spacial score (nSPS) is 11.5. The number of anilines is 3. The third-order valence-corrected chi connectivity index (χ3v) is 12.4. The molecule has 2 aromatic heterocycles. The molecule has 0 aliphatic rings. The Balaban J connectivity index is 1.22. The average molecular weight is 745 g/mol. The van der Waals surface area contributed by atoms with Gasteiger partial charge in [-0.2, -0.15) is 0 Å². The Morgan fingerprint density at radius 2 is 0.789 bits per heavy atom. The Kier molecular flexibility index (Phi) is 8.04. The number of hydrogen-bond acceptors (Lipinski definition) is 2. The molecule has 9 aromatic carbocycles. The molecule has 0 aliphatic heterocycles. The molecule has 0 bridgehead atoms. The lowest BCUT2D eigenvalue weighted by Gasteiger charge is -2.31. The maximum atomic E-state index is 2.52. The molecule has 0 spiro atoms. The minimum atomic E-state index is 1.10. The van der Waals surface area contributed by atoms with Crippen LogP contribution in [0.5, 0.6) is 0 Å². The summed E-state index contributed by atoms with van der Waals surface area (Å²) >= 11 is 1.86. The van der Waals surface area contributed by atoms with Crippen LogP contribution in [0.2, 0.25) is 0 Å². The van der Waals surface area contributed by atoms with E-state index in [9.17, 15) is 0 Å². The lowest BCUT2D eigenvalue weighted by Crippen LogP contribution is -2.14. The van der Waals surface area contributed by atoms with Crippen molar-refractivity contribution in [1.29, 1.82) is 0 Å². The van der Waals surface area contributed by atoms with Crippen LogP contribution in [0.15, 0.2) is 218 Å². The molecular formula is C54H36N2S. The number of fused-ring (bicyclic) bond motifs is 6. The highest BCUT2D eigenvalue weighted by Gasteiger charge is 2.26. The predicted molar refractivity (Wildman–Crippen MR) is 245 cm³/mol. The zero-order valence-electron chi connectivity index (χ0n) is 31.1. The van der Waals surface area contributed by atoms with Crippen molar-refractivity contribution in [2.24, 2.45) is 0 Å². The van der Waals surface area contributed by atoms with E-state index in [1.54, 1.807) is 0 Å². The van der Waals surface area contributed by atoms with Crippen LogP contribution in [0.25, 0.3) is 81.0 Å². The van der Waals surface area contributed by atoms with Crippen molar-refractivity contribution in [3.63, 3.8) is 0 Å². The minimum absolute atomic E-state index is 1.10. The second kappa shape index (κ2) is 13.8. The Morgan fingerprint density at radius 3 is 1.51 bits per heavy atom. The SMILES string of the molecule is c1ccc(-c2ccccc2-c2ccccc2-c2ccccc2N(c2ccccc2-n2c3ccccc3c3ccccc32)c2cccc3sc4ccccc4c23)cc1. The van der Waals surface area contributed by atoms with E-state index in [0.29, 0.717) is 0 Å². The molecule has 0 atom stereocenters. The summed E-state index contributed by atoms with van der Waals surface area (Å²) in [7, 11) is 0. The second-order valence-corrected chi connectivity index (χ2v) is 15.5. The number of rotatable bonds is 7. The van der Waals surface area contributed by atoms with Crippen LogP contribution in [-0.2, 0) is 0 Å². The van der Waals surface area contributed by atoms with Crippen molar-refractivity contribution < 1.29 is 0 Å². The maximum Gasteiger partial charge on any atom is 0.0702 e. The van der Waals surface area contributed by atoms with Crippen molar-refractivity contribution in [3.05, 3.63) is 218 Å². The van der Waals surface area contributed by atoms with Gasteiger partial charge < -0.3 is 9.47 Å². The maximum absolute atomic E-state index is 2.52. The summed E-state index contributed by atoms with van der Waals surface area (Å²) in [5.74, 6) is 0. The van der Waals surface area contributed by atoms with Gasteiger partial charge in [0.05, 0.1) is 33.8 Å². The molecule has 11 aromatic rings. The van der Waals surface area contributed by atoms with Crippen molar-refractivity contribution >= 4 is 70.4 Å². The van der Waals surface area contributed by atoms with Crippen LogP contribution in [-0.4, -0.2) is 4.57 Å². The van der Waals surface area contributed by atoms with Crippen LogP contribution in [0.3, 0.4) is 0 Å². The van der Waals surface area contributed by atoms with Gasteiger partial charge in [-0.3, -0.25) is 0 Å². The molecule has 57 heavy (non-hydrogen) atoms. The van der Waals surface area contributed by atoms with E-state index < -0.39 is 0 Å². The molecule has 0 amide bonds. The first-order valence-corrected chi connectivity index (χ1v) is 20.3. The molecule has 2 nitrogen and oxygen atoms in total. The van der Waals surface area contributed by atoms with E-state index in [2.05, 4.69) is 228 Å². The summed E-state index contributed by atoms with van der Waals surface area (Å²) in [6, 6.07) is 79.5. The Labute approximate surface area is 335 Å². The molecule has 3 heteroatoms. The Hall–Kier alpha value is -7.20. The number of benzene rings is 9. The summed E-state index contributed by atoms with van der Waals surface area (Å²) < 4.78 is 5.00. The highest BCUT2D eigenvalue weighted by atomic mass is 32.1. The summed E-state index contributed by atoms with van der Waals surface area (Å²) in [6.07, 6.45) is 0. The highest BCUT2D eigenvalue weighted by molar-refractivity contribution is 7.26. The first kappa shape index (κ1) is 33.2. The second-order valence-electron chi connectivity index (χ2n) is 14.4. The van der Waals surface area contributed by atoms with Crippen LogP contribution in [0, 0.1) is 0 Å². The fourth-order valence-corrected chi connectivity index (χ4v) is 9.92. The molecule has 0 saturated heterocycles. The average Bonchev–Trinajstić information content (AvgIpc) is 3.84. The number of hydrogen-bond donors (Lipinski definition) is 0. The van der Waals surface area contributed by atoms with E-state index in [4.69, 9.17) is 0 Å². The van der Waals surface area contributed by atoms with E-state index in [1.165, 1.54) is 69.8 Å². The minimum Gasteiger partial charge on any atom is -0.307 e. The lowest BCUT2D eigenvalue weighted by molar-refractivity contribution is 1.15. The van der Waals surface area contributed by atoms with Crippen LogP contribution < -0.4 is 4.90 Å². The summed E-state index contributed by atoms with van der Waals surface area (Å²) in [5, 5.41) is 5.01. The van der Waals surface area contributed by atoms with Crippen molar-refractivity contribution in [1.82, 2.24) is 4.57 Å². The van der Waals surface area contributed by atoms with Crippen molar-refractivity contribution in [2.45, 2.75) is 0 Å². The Bertz CT molecular complexity index is 3210. The van der Waals surface area contributed by atoms with Gasteiger partial charge in [0.1, 0.15) is 0 Å². The number of nitrogens with zero attached hydrogens (tertiary/aromatic N) is 2. The fraction of sp³-hybridized carbons (Fsp3) is 0. The Morgan fingerprint density at radius 1 is 0.316 bits per heavy atom. The molecule has 11 rings (SSSR count). The zero-order chi connectivity index (χ0) is 37.7. The van der Waals surface area contributed by atoms with Gasteiger partial charge in [-0.1, -0.05) is 170 Å². The van der Waals surface area contributed by atoms with Crippen LogP contribution >= 0.6 is 11.3 Å². The molecule has 0 fully saturated rings. The molecule has 268 valence electrons. The number of para-hydroxylation sites is 5. The third-order valence-electron chi connectivity index (χ3n) is 11.2. The van der Waals surface area contributed by atoms with Gasteiger partial charge >= 0.3 is 0 Å². The zero-order valence-corrected chi connectivity index (χ0v) is 31.9. The standard InChI is InChI=1S/C54H36N2S/c1-2-19-37(20-3-1)38-21-4-5-22-39(38)40-23-6-7-24-41(40)42-25-8-12-29-46(42)56(51-34-18-36-53-54(51)45-28-11-17-35-52(45)57-53)50-33-16-15-32-49(50)55-47-30-13-9-26-43(47)44-27-10-14-31-48(44)55/h1-36H. The van der Waals surface area contributed by atoms with Crippen molar-refractivity contribution in [2.75, 3.05) is 4.90 Å². The molecule has 0 radical (unpaired) electrons. The monoisotopic (exact) mass is 744 g/mol. The van der Waals surface area contributed by atoms with Crippen LogP contribution in [0.4, 0.5) is 17.1 Å². The van der Waals surface area contributed by atoms with Crippen molar-refractivity contribution in [3.8, 4) is 39.1 Å². The highest BCUT2D eigenvalue weighted by Crippen LogP contribution is 2.50. The number of aromatic nitrogens is 1. The molecule has 0 N–H and O–H groups in total. The number of thiophene rings is 1. The topological polar surface area (TPSA) is 8.17 Å². The quantitative estimate of drug-likeness (QED) is 0.158. The molecule has 0 saturated carbocycles. The predicted octanol–water partition coefficient (Wildman–Crippen LogP) is 15.6. The van der Waals surface area contributed by atoms with Crippen LogP contribution in [0.1, 0.15) is 0 Å². The summed E-state index contributed by atoms with van der Waals surface area (Å²) in [5.41, 5.74) is 14.0. The van der Waals surface area contributed by atoms with E-state index in [-0.39, 0.29) is 0 Å².